The normalized spacial score (nSPS) is 10.9. The second kappa shape index (κ2) is 8.32. The largest absolute Gasteiger partial charge is 0.318 e. The lowest BCUT2D eigenvalue weighted by Gasteiger charge is -2.10. The van der Waals surface area contributed by atoms with Crippen molar-refractivity contribution in [1.29, 1.82) is 0 Å². The van der Waals surface area contributed by atoms with E-state index in [1.54, 1.807) is 22.9 Å². The third kappa shape index (κ3) is 4.20. The predicted molar refractivity (Wildman–Crippen MR) is 120 cm³/mol. The summed E-state index contributed by atoms with van der Waals surface area (Å²) in [6.45, 7) is 5.79. The minimum atomic E-state index is -0.483. The molecule has 1 heterocycles. The number of para-hydroxylation sites is 1. The van der Waals surface area contributed by atoms with Crippen molar-refractivity contribution in [2.45, 2.75) is 20.8 Å². The Morgan fingerprint density at radius 3 is 2.45 bits per heavy atom. The maximum atomic E-state index is 13.5. The summed E-state index contributed by atoms with van der Waals surface area (Å²) >= 11 is 6.25. The summed E-state index contributed by atoms with van der Waals surface area (Å²) in [5, 5.41) is 7.73. The number of carbonyl (C=O) groups excluding carboxylic acids is 1. The molecule has 3 aromatic carbocycles. The van der Waals surface area contributed by atoms with Crippen LogP contribution in [0.25, 0.3) is 17.1 Å². The van der Waals surface area contributed by atoms with Gasteiger partial charge in [0.05, 0.1) is 16.4 Å². The first-order valence-electron chi connectivity index (χ1n) is 9.70. The van der Waals surface area contributed by atoms with E-state index in [-0.39, 0.29) is 11.6 Å². The van der Waals surface area contributed by atoms with E-state index in [0.29, 0.717) is 22.1 Å². The molecule has 1 aromatic heterocycles. The minimum Gasteiger partial charge on any atom is -0.318 e. The molecule has 1 N–H and O–H groups in total. The van der Waals surface area contributed by atoms with Gasteiger partial charge in [0.2, 0.25) is 5.82 Å². The summed E-state index contributed by atoms with van der Waals surface area (Å²) < 4.78 is 15.1. The fraction of sp³-hybridized carbons (Fsp3) is 0.125. The van der Waals surface area contributed by atoms with Crippen molar-refractivity contribution < 1.29 is 9.18 Å². The molecule has 156 valence electrons. The van der Waals surface area contributed by atoms with E-state index in [9.17, 15) is 9.18 Å². The summed E-state index contributed by atoms with van der Waals surface area (Å²) in [5.41, 5.74) is 4.78. The lowest BCUT2D eigenvalue weighted by Crippen LogP contribution is -2.15. The van der Waals surface area contributed by atoms with Crippen LogP contribution in [0.2, 0.25) is 5.02 Å². The number of amides is 1. The van der Waals surface area contributed by atoms with Gasteiger partial charge in [0.1, 0.15) is 5.82 Å². The molecule has 0 aliphatic rings. The lowest BCUT2D eigenvalue weighted by molar-refractivity contribution is 0.101. The van der Waals surface area contributed by atoms with Crippen LogP contribution in [0.3, 0.4) is 0 Å². The van der Waals surface area contributed by atoms with E-state index in [0.717, 1.165) is 22.4 Å². The number of nitrogens with one attached hydrogen (secondary N) is 1. The monoisotopic (exact) mass is 434 g/mol. The molecule has 31 heavy (non-hydrogen) atoms. The highest BCUT2D eigenvalue weighted by molar-refractivity contribution is 6.34. The number of aromatic nitrogens is 3. The molecule has 0 fully saturated rings. The topological polar surface area (TPSA) is 59.8 Å². The van der Waals surface area contributed by atoms with Gasteiger partial charge >= 0.3 is 0 Å². The van der Waals surface area contributed by atoms with E-state index in [1.807, 2.05) is 51.1 Å². The molecular formula is C24H20ClFN4O. The van der Waals surface area contributed by atoms with Gasteiger partial charge in [0, 0.05) is 5.56 Å². The van der Waals surface area contributed by atoms with E-state index in [1.165, 1.54) is 12.1 Å². The Labute approximate surface area is 184 Å². The molecule has 0 atom stereocenters. The van der Waals surface area contributed by atoms with Crippen LogP contribution in [-0.4, -0.2) is 20.7 Å². The Balaban J connectivity index is 1.82. The molecule has 4 aromatic rings. The van der Waals surface area contributed by atoms with Gasteiger partial charge < -0.3 is 5.32 Å². The van der Waals surface area contributed by atoms with Gasteiger partial charge in [-0.25, -0.2) is 14.1 Å². The fourth-order valence-electron chi connectivity index (χ4n) is 3.27. The van der Waals surface area contributed by atoms with Crippen LogP contribution in [0.1, 0.15) is 27.3 Å². The third-order valence-corrected chi connectivity index (χ3v) is 5.28. The zero-order valence-electron chi connectivity index (χ0n) is 17.3. The van der Waals surface area contributed by atoms with Crippen LogP contribution in [0.15, 0.2) is 60.7 Å². The fourth-order valence-corrected chi connectivity index (χ4v) is 3.54. The molecular weight excluding hydrogens is 415 g/mol. The SMILES string of the molecule is Cc1ccc(C)c(-n2nc(C(=O)Nc3c(C)cccc3Cl)nc2-c2ccc(F)cc2)c1. The first-order chi connectivity index (χ1) is 14.8. The summed E-state index contributed by atoms with van der Waals surface area (Å²) in [7, 11) is 0. The van der Waals surface area contributed by atoms with Gasteiger partial charge in [0.15, 0.2) is 5.82 Å². The molecule has 5 nitrogen and oxygen atoms in total. The molecule has 0 unspecified atom stereocenters. The quantitative estimate of drug-likeness (QED) is 0.434. The molecule has 0 radical (unpaired) electrons. The minimum absolute atomic E-state index is 0.0143. The van der Waals surface area contributed by atoms with Crippen molar-refractivity contribution in [1.82, 2.24) is 14.8 Å². The van der Waals surface area contributed by atoms with Crippen molar-refractivity contribution in [3.63, 3.8) is 0 Å². The Morgan fingerprint density at radius 1 is 1.00 bits per heavy atom. The molecule has 0 saturated carbocycles. The molecule has 0 saturated heterocycles. The van der Waals surface area contributed by atoms with Gasteiger partial charge in [-0.3, -0.25) is 4.79 Å². The van der Waals surface area contributed by atoms with Crippen molar-refractivity contribution in [2.75, 3.05) is 5.32 Å². The van der Waals surface area contributed by atoms with Gasteiger partial charge in [-0.05, 0) is 73.9 Å². The molecule has 0 spiro atoms. The highest BCUT2D eigenvalue weighted by Gasteiger charge is 2.21. The van der Waals surface area contributed by atoms with Crippen LogP contribution >= 0.6 is 11.6 Å². The summed E-state index contributed by atoms with van der Waals surface area (Å²) in [5.74, 6) is -0.411. The van der Waals surface area contributed by atoms with Crippen molar-refractivity contribution in [2.24, 2.45) is 0 Å². The van der Waals surface area contributed by atoms with E-state index in [2.05, 4.69) is 15.4 Å². The van der Waals surface area contributed by atoms with Gasteiger partial charge in [-0.15, -0.1) is 5.10 Å². The van der Waals surface area contributed by atoms with Gasteiger partial charge in [-0.1, -0.05) is 35.9 Å². The maximum Gasteiger partial charge on any atom is 0.295 e. The highest BCUT2D eigenvalue weighted by atomic mass is 35.5. The predicted octanol–water partition coefficient (Wildman–Crippen LogP) is 5.90. The molecule has 4 rings (SSSR count). The summed E-state index contributed by atoms with van der Waals surface area (Å²) in [6, 6.07) is 17.2. The average Bonchev–Trinajstić information content (AvgIpc) is 3.18. The third-order valence-electron chi connectivity index (χ3n) is 4.97. The number of rotatable bonds is 4. The molecule has 1 amide bonds. The van der Waals surface area contributed by atoms with Crippen LogP contribution < -0.4 is 5.32 Å². The van der Waals surface area contributed by atoms with E-state index < -0.39 is 5.91 Å². The zero-order valence-corrected chi connectivity index (χ0v) is 18.0. The number of anilines is 1. The number of hydrogen-bond acceptors (Lipinski definition) is 3. The van der Waals surface area contributed by atoms with E-state index >= 15 is 0 Å². The molecule has 0 aliphatic heterocycles. The second-order valence-electron chi connectivity index (χ2n) is 7.35. The summed E-state index contributed by atoms with van der Waals surface area (Å²) in [6.07, 6.45) is 0. The maximum absolute atomic E-state index is 13.5. The van der Waals surface area contributed by atoms with Crippen molar-refractivity contribution in [3.05, 3.63) is 94.0 Å². The number of hydrogen-bond donors (Lipinski definition) is 1. The Kier molecular flexibility index (Phi) is 5.57. The average molecular weight is 435 g/mol. The van der Waals surface area contributed by atoms with Gasteiger partial charge in [0.25, 0.3) is 5.91 Å². The first-order valence-corrected chi connectivity index (χ1v) is 10.1. The number of carbonyl (C=O) groups is 1. The summed E-state index contributed by atoms with van der Waals surface area (Å²) in [4.78, 5) is 17.5. The Morgan fingerprint density at radius 2 is 1.74 bits per heavy atom. The van der Waals surface area contributed by atoms with Crippen LogP contribution in [0.5, 0.6) is 0 Å². The van der Waals surface area contributed by atoms with Crippen molar-refractivity contribution in [3.8, 4) is 17.1 Å². The smallest absolute Gasteiger partial charge is 0.295 e. The number of halogens is 2. The standard InChI is InChI=1S/C24H20ClFN4O/c1-14-7-8-15(2)20(13-14)30-23(17-9-11-18(26)12-10-17)28-22(29-30)24(31)27-21-16(3)5-4-6-19(21)25/h4-13H,1-3H3,(H,27,31). The van der Waals surface area contributed by atoms with Crippen LogP contribution in [0.4, 0.5) is 10.1 Å². The second-order valence-corrected chi connectivity index (χ2v) is 7.76. The Bertz CT molecular complexity index is 1260. The number of nitrogens with zero attached hydrogens (tertiary/aromatic N) is 3. The molecule has 0 aliphatic carbocycles. The Hall–Kier alpha value is -3.51. The van der Waals surface area contributed by atoms with Crippen molar-refractivity contribution >= 4 is 23.2 Å². The van der Waals surface area contributed by atoms with Crippen LogP contribution in [0, 0.1) is 26.6 Å². The van der Waals surface area contributed by atoms with Crippen LogP contribution in [-0.2, 0) is 0 Å². The molecule has 0 bridgehead atoms. The first kappa shape index (κ1) is 20.8. The van der Waals surface area contributed by atoms with E-state index in [4.69, 9.17) is 11.6 Å². The number of benzene rings is 3. The van der Waals surface area contributed by atoms with Gasteiger partial charge in [-0.2, -0.15) is 0 Å². The lowest BCUT2D eigenvalue weighted by atomic mass is 10.1. The zero-order chi connectivity index (χ0) is 22.1. The molecule has 7 heteroatoms. The highest BCUT2D eigenvalue weighted by Crippen LogP contribution is 2.27. The number of aryl methyl sites for hydroxylation is 3.